The number of ether oxygens (including phenoxy) is 3. The summed E-state index contributed by atoms with van der Waals surface area (Å²) in [5, 5.41) is 13.2. The highest BCUT2D eigenvalue weighted by molar-refractivity contribution is 5.66. The molecule has 0 unspecified atom stereocenters. The summed E-state index contributed by atoms with van der Waals surface area (Å²) in [7, 11) is 4.64. The van der Waals surface area contributed by atoms with Gasteiger partial charge in [0.15, 0.2) is 23.1 Å². The van der Waals surface area contributed by atoms with E-state index >= 15 is 0 Å². The molecule has 154 valence electrons. The zero-order chi connectivity index (χ0) is 20.9. The van der Waals surface area contributed by atoms with Gasteiger partial charge >= 0.3 is 0 Å². The molecule has 3 heterocycles. The average Bonchev–Trinajstić information content (AvgIpc) is 3.45. The Bertz CT molecular complexity index is 1100. The van der Waals surface area contributed by atoms with Crippen LogP contribution in [0.3, 0.4) is 0 Å². The Morgan fingerprint density at radius 3 is 2.30 bits per heavy atom. The van der Waals surface area contributed by atoms with Crippen molar-refractivity contribution in [1.29, 1.82) is 0 Å². The number of H-pyrrole nitrogens is 1. The lowest BCUT2D eigenvalue weighted by Gasteiger charge is -2.14. The Morgan fingerprint density at radius 1 is 0.933 bits per heavy atom. The molecule has 0 fully saturated rings. The van der Waals surface area contributed by atoms with Crippen LogP contribution in [0.4, 0.5) is 23.4 Å². The molecule has 0 spiro atoms. The molecule has 0 bridgehead atoms. The number of furan rings is 1. The molecule has 0 saturated heterocycles. The first-order valence-electron chi connectivity index (χ1n) is 8.82. The van der Waals surface area contributed by atoms with Crippen LogP contribution in [0.15, 0.2) is 47.3 Å². The van der Waals surface area contributed by atoms with Gasteiger partial charge in [0.2, 0.25) is 17.6 Å². The van der Waals surface area contributed by atoms with Crippen molar-refractivity contribution < 1.29 is 18.6 Å². The number of nitrogens with zero attached hydrogens (tertiary/aromatic N) is 4. The number of hydrogen-bond donors (Lipinski definition) is 3. The predicted octanol–water partition coefficient (Wildman–Crippen LogP) is 3.37. The van der Waals surface area contributed by atoms with Gasteiger partial charge in [0.05, 0.1) is 27.6 Å². The summed E-state index contributed by atoms with van der Waals surface area (Å²) in [4.78, 5) is 12.6. The van der Waals surface area contributed by atoms with Gasteiger partial charge in [-0.3, -0.25) is 5.10 Å². The van der Waals surface area contributed by atoms with E-state index < -0.39 is 0 Å². The fourth-order valence-corrected chi connectivity index (χ4v) is 2.76. The molecule has 4 rings (SSSR count). The summed E-state index contributed by atoms with van der Waals surface area (Å²) in [5.74, 6) is 3.36. The van der Waals surface area contributed by atoms with E-state index in [1.165, 1.54) is 6.33 Å². The van der Waals surface area contributed by atoms with Gasteiger partial charge in [0.25, 0.3) is 0 Å². The molecule has 3 aromatic heterocycles. The minimum Gasteiger partial charge on any atom is -0.493 e. The van der Waals surface area contributed by atoms with Crippen molar-refractivity contribution in [2.75, 3.05) is 32.0 Å². The largest absolute Gasteiger partial charge is 0.493 e. The smallest absolute Gasteiger partial charge is 0.233 e. The lowest BCUT2D eigenvalue weighted by molar-refractivity contribution is 0.324. The lowest BCUT2D eigenvalue weighted by atomic mass is 10.2. The summed E-state index contributed by atoms with van der Waals surface area (Å²) in [6, 6.07) is 8.92. The Hall–Kier alpha value is -4.28. The fraction of sp³-hybridized carbons (Fsp3) is 0.158. The van der Waals surface area contributed by atoms with Crippen molar-refractivity contribution in [3.8, 4) is 28.7 Å². The number of aromatic nitrogens is 5. The Labute approximate surface area is 171 Å². The Balaban J connectivity index is 1.53. The molecular formula is C19H19N7O4. The summed E-state index contributed by atoms with van der Waals surface area (Å²) in [5.41, 5.74) is 1.38. The molecule has 0 radical (unpaired) electrons. The van der Waals surface area contributed by atoms with E-state index in [0.717, 1.165) is 5.69 Å². The first-order valence-corrected chi connectivity index (χ1v) is 8.82. The standard InChI is InChI=1S/C19H19N7O4/c1-27-14-7-11(8-15(28-2)17(14)29-3)22-18-20-10-21-19(24-18)23-16-9-12(25-26-16)13-5-4-6-30-13/h4-10H,1-3H3,(H3,20,21,22,23,24,25,26). The summed E-state index contributed by atoms with van der Waals surface area (Å²) in [6.07, 6.45) is 2.98. The maximum Gasteiger partial charge on any atom is 0.233 e. The van der Waals surface area contributed by atoms with Crippen molar-refractivity contribution in [1.82, 2.24) is 25.1 Å². The van der Waals surface area contributed by atoms with Gasteiger partial charge in [-0.25, -0.2) is 9.97 Å². The van der Waals surface area contributed by atoms with Crippen LogP contribution in [0.25, 0.3) is 11.5 Å². The first kappa shape index (κ1) is 19.1. The van der Waals surface area contributed by atoms with Crippen LogP contribution < -0.4 is 24.8 Å². The Morgan fingerprint density at radius 2 is 1.67 bits per heavy atom. The monoisotopic (exact) mass is 409 g/mol. The molecule has 1 aromatic carbocycles. The van der Waals surface area contributed by atoms with Gasteiger partial charge in [0, 0.05) is 23.9 Å². The maximum absolute atomic E-state index is 5.36. The van der Waals surface area contributed by atoms with Gasteiger partial charge in [-0.15, -0.1) is 0 Å². The number of methoxy groups -OCH3 is 3. The second-order valence-electron chi connectivity index (χ2n) is 5.94. The number of benzene rings is 1. The quantitative estimate of drug-likeness (QED) is 0.398. The van der Waals surface area contributed by atoms with Crippen molar-refractivity contribution in [2.45, 2.75) is 0 Å². The summed E-state index contributed by atoms with van der Waals surface area (Å²) < 4.78 is 21.4. The third kappa shape index (κ3) is 3.94. The summed E-state index contributed by atoms with van der Waals surface area (Å²) in [6.45, 7) is 0. The van der Waals surface area contributed by atoms with Crippen LogP contribution in [0.2, 0.25) is 0 Å². The average molecular weight is 409 g/mol. The zero-order valence-corrected chi connectivity index (χ0v) is 16.5. The molecule has 0 aliphatic rings. The highest BCUT2D eigenvalue weighted by Gasteiger charge is 2.14. The number of rotatable bonds is 8. The normalized spacial score (nSPS) is 10.5. The molecular weight excluding hydrogens is 390 g/mol. The molecule has 0 aliphatic carbocycles. The second kappa shape index (κ2) is 8.39. The van der Waals surface area contributed by atoms with Crippen LogP contribution in [0.1, 0.15) is 0 Å². The van der Waals surface area contributed by atoms with Gasteiger partial charge < -0.3 is 29.3 Å². The van der Waals surface area contributed by atoms with Gasteiger partial charge in [-0.2, -0.15) is 10.1 Å². The molecule has 11 nitrogen and oxygen atoms in total. The van der Waals surface area contributed by atoms with E-state index in [1.807, 2.05) is 6.07 Å². The third-order valence-corrected chi connectivity index (χ3v) is 4.10. The zero-order valence-electron chi connectivity index (χ0n) is 16.5. The van der Waals surface area contributed by atoms with E-state index in [2.05, 4.69) is 35.8 Å². The molecule has 30 heavy (non-hydrogen) atoms. The molecule has 0 saturated carbocycles. The highest BCUT2D eigenvalue weighted by Crippen LogP contribution is 2.40. The number of nitrogens with one attached hydrogen (secondary N) is 3. The van der Waals surface area contributed by atoms with E-state index in [9.17, 15) is 0 Å². The first-order chi connectivity index (χ1) is 14.7. The van der Waals surface area contributed by atoms with Crippen molar-refractivity contribution in [2.24, 2.45) is 0 Å². The van der Waals surface area contributed by atoms with Gasteiger partial charge in [0.1, 0.15) is 12.0 Å². The second-order valence-corrected chi connectivity index (χ2v) is 5.94. The molecule has 3 N–H and O–H groups in total. The highest BCUT2D eigenvalue weighted by atomic mass is 16.5. The molecule has 0 aliphatic heterocycles. The van der Waals surface area contributed by atoms with E-state index in [1.54, 1.807) is 51.9 Å². The van der Waals surface area contributed by atoms with Crippen LogP contribution in [0.5, 0.6) is 17.2 Å². The van der Waals surface area contributed by atoms with Crippen LogP contribution >= 0.6 is 0 Å². The molecule has 11 heteroatoms. The minimum absolute atomic E-state index is 0.317. The van der Waals surface area contributed by atoms with Gasteiger partial charge in [-0.1, -0.05) is 0 Å². The van der Waals surface area contributed by atoms with E-state index in [4.69, 9.17) is 18.6 Å². The Kier molecular flexibility index (Phi) is 5.33. The predicted molar refractivity (Wildman–Crippen MR) is 109 cm³/mol. The summed E-state index contributed by atoms with van der Waals surface area (Å²) >= 11 is 0. The number of aromatic amines is 1. The molecule has 4 aromatic rings. The maximum atomic E-state index is 5.36. The number of hydrogen-bond acceptors (Lipinski definition) is 10. The van der Waals surface area contributed by atoms with Crippen molar-refractivity contribution in [3.05, 3.63) is 42.9 Å². The van der Waals surface area contributed by atoms with Crippen LogP contribution in [-0.4, -0.2) is 46.5 Å². The fourth-order valence-electron chi connectivity index (χ4n) is 2.76. The SMILES string of the molecule is COc1cc(Nc2ncnc(Nc3cc(-c4ccco4)[nH]n3)n2)cc(OC)c1OC. The number of anilines is 4. The lowest BCUT2D eigenvalue weighted by Crippen LogP contribution is -2.03. The topological polar surface area (TPSA) is 132 Å². The van der Waals surface area contributed by atoms with E-state index in [-0.39, 0.29) is 0 Å². The molecule has 0 atom stereocenters. The van der Waals surface area contributed by atoms with E-state index in [0.29, 0.717) is 46.4 Å². The van der Waals surface area contributed by atoms with Gasteiger partial charge in [-0.05, 0) is 12.1 Å². The third-order valence-electron chi connectivity index (χ3n) is 4.10. The van der Waals surface area contributed by atoms with Crippen LogP contribution in [-0.2, 0) is 0 Å². The van der Waals surface area contributed by atoms with Crippen molar-refractivity contribution in [3.63, 3.8) is 0 Å². The van der Waals surface area contributed by atoms with Crippen molar-refractivity contribution >= 4 is 23.4 Å². The molecule has 0 amide bonds. The minimum atomic E-state index is 0.317. The van der Waals surface area contributed by atoms with Crippen LogP contribution in [0, 0.1) is 0 Å².